The third kappa shape index (κ3) is 4.98. The van der Waals surface area contributed by atoms with Gasteiger partial charge in [-0.3, -0.25) is 4.79 Å². The highest BCUT2D eigenvalue weighted by Crippen LogP contribution is 2.14. The molecule has 1 amide bonds. The van der Waals surface area contributed by atoms with E-state index in [0.717, 1.165) is 0 Å². The van der Waals surface area contributed by atoms with Crippen molar-refractivity contribution >= 4 is 29.4 Å². The van der Waals surface area contributed by atoms with Gasteiger partial charge in [-0.25, -0.2) is 0 Å². The second kappa shape index (κ2) is 7.37. The highest BCUT2D eigenvalue weighted by atomic mass is 35.5. The largest absolute Gasteiger partial charge is 0.378 e. The average Bonchev–Trinajstić information content (AvgIpc) is 2.45. The van der Waals surface area contributed by atoms with Crippen molar-refractivity contribution in [2.45, 2.75) is 19.9 Å². The molecule has 2 rings (SSSR count). The smallest absolute Gasteiger partial charge is 0.239 e. The maximum Gasteiger partial charge on any atom is 0.239 e. The second-order valence-corrected chi connectivity index (χ2v) is 5.24. The number of hydrogen-bond donors (Lipinski definition) is 2. The summed E-state index contributed by atoms with van der Waals surface area (Å²) < 4.78 is 5.28. The highest BCUT2D eigenvalue weighted by molar-refractivity contribution is 6.28. The van der Waals surface area contributed by atoms with E-state index in [1.165, 1.54) is 0 Å². The van der Waals surface area contributed by atoms with Crippen LogP contribution in [-0.2, 0) is 9.53 Å². The van der Waals surface area contributed by atoms with Gasteiger partial charge in [-0.15, -0.1) is 0 Å². The van der Waals surface area contributed by atoms with Crippen molar-refractivity contribution in [3.63, 3.8) is 0 Å². The zero-order chi connectivity index (χ0) is 15.2. The molecule has 0 unspecified atom stereocenters. The first-order valence-electron chi connectivity index (χ1n) is 6.82. The maximum absolute atomic E-state index is 11.6. The van der Waals surface area contributed by atoms with E-state index >= 15 is 0 Å². The van der Waals surface area contributed by atoms with Crippen molar-refractivity contribution in [2.75, 3.05) is 43.1 Å². The first-order chi connectivity index (χ1) is 10.0. The number of hydrogen-bond acceptors (Lipinski definition) is 7. The molecule has 1 aliphatic heterocycles. The number of anilines is 2. The number of nitrogens with one attached hydrogen (secondary N) is 2. The number of carbonyl (C=O) groups is 1. The van der Waals surface area contributed by atoms with Gasteiger partial charge in [-0.1, -0.05) is 0 Å². The molecule has 2 N–H and O–H groups in total. The van der Waals surface area contributed by atoms with Gasteiger partial charge in [0, 0.05) is 19.1 Å². The summed E-state index contributed by atoms with van der Waals surface area (Å²) in [6.07, 6.45) is 0. The van der Waals surface area contributed by atoms with Crippen LogP contribution in [0.5, 0.6) is 0 Å². The van der Waals surface area contributed by atoms with Crippen LogP contribution in [0.1, 0.15) is 13.8 Å². The van der Waals surface area contributed by atoms with Gasteiger partial charge in [0.2, 0.25) is 23.1 Å². The summed E-state index contributed by atoms with van der Waals surface area (Å²) >= 11 is 5.91. The quantitative estimate of drug-likeness (QED) is 0.807. The molecule has 0 spiro atoms. The standard InChI is InChI=1S/C12H19ClN6O2/c1-8(2)15-9(20)7-14-11-16-10(13)17-12(18-11)19-3-5-21-6-4-19/h8H,3-7H2,1-2H3,(H,15,20)(H,14,16,17,18). The fourth-order valence-electron chi connectivity index (χ4n) is 1.86. The van der Waals surface area contributed by atoms with Gasteiger partial charge in [-0.05, 0) is 25.4 Å². The van der Waals surface area contributed by atoms with Crippen LogP contribution < -0.4 is 15.5 Å². The van der Waals surface area contributed by atoms with E-state index in [9.17, 15) is 4.79 Å². The number of morpholine rings is 1. The SMILES string of the molecule is CC(C)NC(=O)CNc1nc(Cl)nc(N2CCOCC2)n1. The molecule has 0 aliphatic carbocycles. The number of ether oxygens (including phenoxy) is 1. The number of amides is 1. The normalized spacial score (nSPS) is 15.1. The minimum Gasteiger partial charge on any atom is -0.378 e. The van der Waals surface area contributed by atoms with Gasteiger partial charge < -0.3 is 20.3 Å². The second-order valence-electron chi connectivity index (χ2n) is 4.90. The summed E-state index contributed by atoms with van der Waals surface area (Å²) in [6, 6.07) is 0.0881. The summed E-state index contributed by atoms with van der Waals surface area (Å²) in [5.41, 5.74) is 0. The number of carbonyl (C=O) groups excluding carboxylic acids is 1. The number of aromatic nitrogens is 3. The van der Waals surface area contributed by atoms with Crippen LogP contribution in [0.2, 0.25) is 5.28 Å². The molecule has 1 saturated heterocycles. The first-order valence-corrected chi connectivity index (χ1v) is 7.20. The van der Waals surface area contributed by atoms with Crippen LogP contribution in [0, 0.1) is 0 Å². The molecule has 116 valence electrons. The van der Waals surface area contributed by atoms with Gasteiger partial charge in [-0.2, -0.15) is 15.0 Å². The first kappa shape index (κ1) is 15.7. The van der Waals surface area contributed by atoms with E-state index in [4.69, 9.17) is 16.3 Å². The highest BCUT2D eigenvalue weighted by Gasteiger charge is 2.16. The Morgan fingerprint density at radius 3 is 2.71 bits per heavy atom. The molecule has 0 aromatic carbocycles. The lowest BCUT2D eigenvalue weighted by atomic mass is 10.4. The molecule has 0 radical (unpaired) electrons. The monoisotopic (exact) mass is 314 g/mol. The Kier molecular flexibility index (Phi) is 5.51. The van der Waals surface area contributed by atoms with Gasteiger partial charge in [0.1, 0.15) is 0 Å². The van der Waals surface area contributed by atoms with Crippen LogP contribution in [0.25, 0.3) is 0 Å². The summed E-state index contributed by atoms with van der Waals surface area (Å²) in [4.78, 5) is 25.9. The summed E-state index contributed by atoms with van der Waals surface area (Å²) in [5, 5.41) is 5.72. The minimum absolute atomic E-state index is 0.0844. The van der Waals surface area contributed by atoms with Crippen molar-refractivity contribution in [2.24, 2.45) is 0 Å². The number of rotatable bonds is 5. The van der Waals surface area contributed by atoms with Crippen LogP contribution in [0.4, 0.5) is 11.9 Å². The molecular weight excluding hydrogens is 296 g/mol. The van der Waals surface area contributed by atoms with E-state index in [0.29, 0.717) is 32.3 Å². The third-order valence-corrected chi connectivity index (χ3v) is 2.92. The Balaban J connectivity index is 1.99. The number of halogens is 1. The fourth-order valence-corrected chi connectivity index (χ4v) is 2.01. The van der Waals surface area contributed by atoms with Crippen molar-refractivity contribution in [3.05, 3.63) is 5.28 Å². The Hall–Kier alpha value is -1.67. The Morgan fingerprint density at radius 2 is 2.05 bits per heavy atom. The van der Waals surface area contributed by atoms with E-state index in [1.807, 2.05) is 18.7 Å². The average molecular weight is 315 g/mol. The fraction of sp³-hybridized carbons (Fsp3) is 0.667. The topological polar surface area (TPSA) is 92.3 Å². The molecule has 0 atom stereocenters. The van der Waals surface area contributed by atoms with E-state index in [2.05, 4.69) is 25.6 Å². The lowest BCUT2D eigenvalue weighted by Gasteiger charge is -2.26. The van der Waals surface area contributed by atoms with Crippen LogP contribution >= 0.6 is 11.6 Å². The van der Waals surface area contributed by atoms with Crippen LogP contribution in [-0.4, -0.2) is 59.7 Å². The summed E-state index contributed by atoms with van der Waals surface area (Å²) in [7, 11) is 0. The van der Waals surface area contributed by atoms with Gasteiger partial charge in [0.05, 0.1) is 19.8 Å². The molecular formula is C12H19ClN6O2. The Morgan fingerprint density at radius 1 is 1.33 bits per heavy atom. The van der Waals surface area contributed by atoms with Crippen LogP contribution in [0.15, 0.2) is 0 Å². The van der Waals surface area contributed by atoms with Crippen molar-refractivity contribution in [1.82, 2.24) is 20.3 Å². The van der Waals surface area contributed by atoms with E-state index < -0.39 is 0 Å². The molecule has 2 heterocycles. The molecule has 8 nitrogen and oxygen atoms in total. The van der Waals surface area contributed by atoms with Crippen molar-refractivity contribution in [1.29, 1.82) is 0 Å². The Labute approximate surface area is 128 Å². The maximum atomic E-state index is 11.6. The summed E-state index contributed by atoms with van der Waals surface area (Å²) in [6.45, 7) is 6.54. The van der Waals surface area contributed by atoms with E-state index in [1.54, 1.807) is 0 Å². The molecule has 1 fully saturated rings. The zero-order valence-corrected chi connectivity index (χ0v) is 12.9. The van der Waals surface area contributed by atoms with E-state index in [-0.39, 0.29) is 29.7 Å². The Bertz CT molecular complexity index is 493. The lowest BCUT2D eigenvalue weighted by molar-refractivity contribution is -0.119. The molecule has 1 aliphatic rings. The predicted molar refractivity (Wildman–Crippen MR) is 79.6 cm³/mol. The molecule has 1 aromatic rings. The lowest BCUT2D eigenvalue weighted by Crippen LogP contribution is -2.38. The number of nitrogens with zero attached hydrogens (tertiary/aromatic N) is 4. The molecule has 9 heteroatoms. The van der Waals surface area contributed by atoms with Crippen molar-refractivity contribution in [3.8, 4) is 0 Å². The zero-order valence-electron chi connectivity index (χ0n) is 12.1. The third-order valence-electron chi connectivity index (χ3n) is 2.75. The minimum atomic E-state index is -0.130. The van der Waals surface area contributed by atoms with Gasteiger partial charge >= 0.3 is 0 Å². The molecule has 1 aromatic heterocycles. The predicted octanol–water partition coefficient (Wildman–Crippen LogP) is 0.298. The molecule has 0 saturated carbocycles. The molecule has 21 heavy (non-hydrogen) atoms. The van der Waals surface area contributed by atoms with Crippen molar-refractivity contribution < 1.29 is 9.53 Å². The van der Waals surface area contributed by atoms with Crippen LogP contribution in [0.3, 0.4) is 0 Å². The summed E-state index contributed by atoms with van der Waals surface area (Å²) in [5.74, 6) is 0.648. The van der Waals surface area contributed by atoms with Gasteiger partial charge in [0.25, 0.3) is 0 Å². The van der Waals surface area contributed by atoms with Gasteiger partial charge in [0.15, 0.2) is 0 Å². The molecule has 0 bridgehead atoms.